The molecule has 226 valence electrons. The first kappa shape index (κ1) is 29.9. The molecule has 2 N–H and O–H groups in total. The van der Waals surface area contributed by atoms with Crippen molar-refractivity contribution in [3.63, 3.8) is 0 Å². The normalized spacial score (nSPS) is 17.5. The van der Waals surface area contributed by atoms with Gasteiger partial charge in [-0.25, -0.2) is 0 Å². The van der Waals surface area contributed by atoms with Gasteiger partial charge >= 0.3 is 0 Å². The number of amides is 2. The Morgan fingerprint density at radius 2 is 1.77 bits per heavy atom. The molecule has 0 aromatic heterocycles. The van der Waals surface area contributed by atoms with Crippen LogP contribution in [0.1, 0.15) is 42.2 Å². The molecule has 0 saturated carbocycles. The molecule has 0 radical (unpaired) electrons. The molecule has 2 atom stereocenters. The Morgan fingerprint density at radius 1 is 1.00 bits per heavy atom. The van der Waals surface area contributed by atoms with Crippen molar-refractivity contribution in [1.82, 2.24) is 10.2 Å². The number of benzene rings is 2. The highest BCUT2D eigenvalue weighted by Gasteiger charge is 2.30. The maximum atomic E-state index is 13.6. The highest BCUT2D eigenvalue weighted by Crippen LogP contribution is 2.50. The summed E-state index contributed by atoms with van der Waals surface area (Å²) in [4.78, 5) is 40.7. The summed E-state index contributed by atoms with van der Waals surface area (Å²) in [5.41, 5.74) is 4.08. The molecular formula is C33H37N3O7. The number of morpholine rings is 1. The number of ether oxygens (including phenoxy) is 4. The molecule has 10 nitrogen and oxygen atoms in total. The Morgan fingerprint density at radius 3 is 2.47 bits per heavy atom. The predicted molar refractivity (Wildman–Crippen MR) is 163 cm³/mol. The summed E-state index contributed by atoms with van der Waals surface area (Å²) < 4.78 is 23.0. The first-order chi connectivity index (χ1) is 20.8. The first-order valence-corrected chi connectivity index (χ1v) is 14.3. The van der Waals surface area contributed by atoms with Gasteiger partial charge in [-0.3, -0.25) is 14.4 Å². The van der Waals surface area contributed by atoms with Gasteiger partial charge in [0.15, 0.2) is 11.5 Å². The Bertz CT molecular complexity index is 1560. The van der Waals surface area contributed by atoms with Crippen LogP contribution in [0.4, 0.5) is 5.69 Å². The third kappa shape index (κ3) is 6.29. The number of fused-ring (bicyclic) bond motifs is 3. The van der Waals surface area contributed by atoms with Gasteiger partial charge in [-0.1, -0.05) is 36.4 Å². The lowest BCUT2D eigenvalue weighted by Crippen LogP contribution is -2.44. The second-order valence-electron chi connectivity index (χ2n) is 10.6. The molecule has 1 fully saturated rings. The fraction of sp³-hybridized carbons (Fsp3) is 0.364. The predicted octanol–water partition coefficient (Wildman–Crippen LogP) is 3.88. The third-order valence-corrected chi connectivity index (χ3v) is 7.94. The summed E-state index contributed by atoms with van der Waals surface area (Å²) in [6, 6.07) is 16.4. The van der Waals surface area contributed by atoms with Crippen molar-refractivity contribution >= 4 is 17.5 Å². The van der Waals surface area contributed by atoms with Gasteiger partial charge in [-0.2, -0.15) is 0 Å². The van der Waals surface area contributed by atoms with Crippen LogP contribution in [0.5, 0.6) is 17.2 Å². The van der Waals surface area contributed by atoms with Gasteiger partial charge in [0.05, 0.1) is 52.8 Å². The van der Waals surface area contributed by atoms with Crippen LogP contribution in [0, 0.1) is 0 Å². The van der Waals surface area contributed by atoms with Gasteiger partial charge in [0.25, 0.3) is 0 Å². The van der Waals surface area contributed by atoms with E-state index >= 15 is 0 Å². The molecule has 0 bridgehead atoms. The summed E-state index contributed by atoms with van der Waals surface area (Å²) in [6.07, 6.45) is 0.963. The van der Waals surface area contributed by atoms with Crippen molar-refractivity contribution < 1.29 is 28.5 Å². The maximum absolute atomic E-state index is 13.6. The first-order valence-electron chi connectivity index (χ1n) is 14.3. The monoisotopic (exact) mass is 587 g/mol. The van der Waals surface area contributed by atoms with E-state index in [0.717, 1.165) is 22.3 Å². The van der Waals surface area contributed by atoms with Gasteiger partial charge in [-0.05, 0) is 53.3 Å². The summed E-state index contributed by atoms with van der Waals surface area (Å²) >= 11 is 0. The fourth-order valence-corrected chi connectivity index (χ4v) is 5.88. The summed E-state index contributed by atoms with van der Waals surface area (Å²) in [5, 5.41) is 6.07. The Kier molecular flexibility index (Phi) is 9.16. The number of methoxy groups -OCH3 is 3. The smallest absolute Gasteiger partial charge is 0.242 e. The van der Waals surface area contributed by atoms with Crippen LogP contribution in [0.25, 0.3) is 11.1 Å². The number of rotatable bonds is 8. The van der Waals surface area contributed by atoms with E-state index in [1.54, 1.807) is 32.3 Å². The highest BCUT2D eigenvalue weighted by atomic mass is 16.5. The standard InChI is InChI=1S/C33H37N3O7/c1-20(37)35-25-12-10-22-16-28(40-2)32(41-3)33(42-4)31(22)23-11-13-26(27(38)17-24(23)25)34-18-30(39)36-14-15-43-29(19-36)21-8-6-5-7-9-21/h5-9,11,13,16-17,25,29H,10,12,14-15,18-19H2,1-4H3,(H,34,38)(H,35,37)/t25-,29-/m0/s1. The van der Waals surface area contributed by atoms with Crippen molar-refractivity contribution in [1.29, 1.82) is 0 Å². The van der Waals surface area contributed by atoms with E-state index in [-0.39, 0.29) is 35.6 Å². The molecule has 1 saturated heterocycles. The molecule has 2 aliphatic rings. The van der Waals surface area contributed by atoms with Crippen LogP contribution in [0.15, 0.2) is 59.4 Å². The number of carbonyl (C=O) groups excluding carboxylic acids is 2. The second kappa shape index (κ2) is 13.2. The molecule has 3 aromatic carbocycles. The average Bonchev–Trinajstić information content (AvgIpc) is 3.27. The number of nitrogens with one attached hydrogen (secondary N) is 2. The SMILES string of the molecule is COc1cc2c(c(OC)c1OC)-c1ccc(NCC(=O)N3CCO[C@H](c4ccccc4)C3)c(=O)cc1[C@@H](NC(C)=O)CC2. The number of hydrogen-bond acceptors (Lipinski definition) is 8. The quantitative estimate of drug-likeness (QED) is 0.408. The van der Waals surface area contributed by atoms with Crippen molar-refractivity contribution in [2.24, 2.45) is 0 Å². The summed E-state index contributed by atoms with van der Waals surface area (Å²) in [6.45, 7) is 2.76. The minimum absolute atomic E-state index is 0.0501. The summed E-state index contributed by atoms with van der Waals surface area (Å²) in [5.74, 6) is 1.11. The van der Waals surface area contributed by atoms with Crippen molar-refractivity contribution in [2.75, 3.05) is 52.9 Å². The molecule has 3 aromatic rings. The molecule has 5 rings (SSSR count). The zero-order valence-corrected chi connectivity index (χ0v) is 24.9. The lowest BCUT2D eigenvalue weighted by molar-refractivity contribution is -0.137. The van der Waals surface area contributed by atoms with Crippen molar-refractivity contribution in [3.8, 4) is 28.4 Å². The number of anilines is 1. The molecule has 2 amide bonds. The van der Waals surface area contributed by atoms with Crippen LogP contribution >= 0.6 is 0 Å². The van der Waals surface area contributed by atoms with E-state index in [1.165, 1.54) is 13.0 Å². The Hall–Kier alpha value is -4.57. The fourth-order valence-electron chi connectivity index (χ4n) is 5.88. The van der Waals surface area contributed by atoms with Gasteiger partial charge < -0.3 is 34.5 Å². The topological polar surface area (TPSA) is 115 Å². The Balaban J connectivity index is 1.48. The maximum Gasteiger partial charge on any atom is 0.242 e. The minimum Gasteiger partial charge on any atom is -0.493 e. The zero-order valence-electron chi connectivity index (χ0n) is 24.9. The highest BCUT2D eigenvalue weighted by molar-refractivity contribution is 5.84. The number of carbonyl (C=O) groups is 2. The molecule has 10 heteroatoms. The van der Waals surface area contributed by atoms with Crippen molar-refractivity contribution in [3.05, 3.63) is 81.5 Å². The molecule has 0 unspecified atom stereocenters. The zero-order chi connectivity index (χ0) is 30.5. The Labute approximate surface area is 250 Å². The third-order valence-electron chi connectivity index (χ3n) is 7.94. The van der Waals surface area contributed by atoms with E-state index in [4.69, 9.17) is 18.9 Å². The van der Waals surface area contributed by atoms with E-state index in [2.05, 4.69) is 10.6 Å². The lowest BCUT2D eigenvalue weighted by atomic mass is 9.95. The van der Waals surface area contributed by atoms with Crippen LogP contribution in [-0.2, 0) is 20.7 Å². The van der Waals surface area contributed by atoms with Crippen LogP contribution in [0.2, 0.25) is 0 Å². The minimum atomic E-state index is -0.417. The number of hydrogen-bond donors (Lipinski definition) is 2. The van der Waals surface area contributed by atoms with Gasteiger partial charge in [0.1, 0.15) is 6.10 Å². The van der Waals surface area contributed by atoms with E-state index < -0.39 is 6.04 Å². The van der Waals surface area contributed by atoms with Crippen LogP contribution in [0.3, 0.4) is 0 Å². The van der Waals surface area contributed by atoms with Gasteiger partial charge in [-0.15, -0.1) is 0 Å². The molecule has 1 aliphatic carbocycles. The van der Waals surface area contributed by atoms with E-state index in [1.807, 2.05) is 42.5 Å². The van der Waals surface area contributed by atoms with Gasteiger partial charge in [0.2, 0.25) is 23.0 Å². The van der Waals surface area contributed by atoms with Gasteiger partial charge in [0, 0.05) is 19.0 Å². The van der Waals surface area contributed by atoms with Crippen molar-refractivity contribution in [2.45, 2.75) is 31.9 Å². The summed E-state index contributed by atoms with van der Waals surface area (Å²) in [7, 11) is 4.67. The second-order valence-corrected chi connectivity index (χ2v) is 10.6. The number of nitrogens with zero attached hydrogens (tertiary/aromatic N) is 1. The molecule has 0 spiro atoms. The number of aryl methyl sites for hydroxylation is 1. The van der Waals surface area contributed by atoms with E-state index in [0.29, 0.717) is 55.4 Å². The molecule has 43 heavy (non-hydrogen) atoms. The molecule has 1 heterocycles. The molecular weight excluding hydrogens is 550 g/mol. The molecule has 1 aliphatic heterocycles. The van der Waals surface area contributed by atoms with E-state index in [9.17, 15) is 14.4 Å². The average molecular weight is 588 g/mol. The largest absolute Gasteiger partial charge is 0.493 e. The van der Waals surface area contributed by atoms with Crippen LogP contribution < -0.4 is 30.3 Å². The van der Waals surface area contributed by atoms with Crippen LogP contribution in [-0.4, -0.2) is 64.3 Å². The lowest BCUT2D eigenvalue weighted by Gasteiger charge is -2.33.